The van der Waals surface area contributed by atoms with E-state index >= 15 is 0 Å². The van der Waals surface area contributed by atoms with Crippen molar-refractivity contribution >= 4 is 5.78 Å². The molecule has 1 fully saturated rings. The highest BCUT2D eigenvalue weighted by Gasteiger charge is 2.28. The van der Waals surface area contributed by atoms with Crippen molar-refractivity contribution in [3.63, 3.8) is 0 Å². The molecule has 1 aromatic rings. The Morgan fingerprint density at radius 3 is 2.71 bits per heavy atom. The number of carbonyl (C=O) groups is 1. The van der Waals surface area contributed by atoms with Crippen molar-refractivity contribution in [1.82, 2.24) is 4.90 Å². The van der Waals surface area contributed by atoms with Gasteiger partial charge in [0.2, 0.25) is 0 Å². The van der Waals surface area contributed by atoms with Gasteiger partial charge >= 0.3 is 0 Å². The number of rotatable bonds is 7. The monoisotopic (exact) mass is 287 g/mol. The standard InChI is InChI=1S/C19H29NO/c1-3-7-17-10-11-19(21)18(14-17)15-20(2)13-12-16-8-5-4-6-9-16/h4-6,8-9,17-18H,3,7,10-15H2,1-2H3. The van der Waals surface area contributed by atoms with Crippen molar-refractivity contribution in [3.05, 3.63) is 35.9 Å². The fourth-order valence-corrected chi connectivity index (χ4v) is 3.48. The Morgan fingerprint density at radius 1 is 1.24 bits per heavy atom. The van der Waals surface area contributed by atoms with Gasteiger partial charge in [-0.1, -0.05) is 50.1 Å². The van der Waals surface area contributed by atoms with E-state index in [4.69, 9.17) is 0 Å². The molecule has 2 rings (SSSR count). The molecule has 116 valence electrons. The van der Waals surface area contributed by atoms with Crippen LogP contribution in [0.4, 0.5) is 0 Å². The lowest BCUT2D eigenvalue weighted by atomic mass is 9.78. The van der Waals surface area contributed by atoms with Gasteiger partial charge in [-0.2, -0.15) is 0 Å². The highest BCUT2D eigenvalue weighted by Crippen LogP contribution is 2.30. The zero-order valence-electron chi connectivity index (χ0n) is 13.6. The van der Waals surface area contributed by atoms with E-state index in [1.807, 2.05) is 0 Å². The summed E-state index contributed by atoms with van der Waals surface area (Å²) in [7, 11) is 2.15. The number of likely N-dealkylation sites (N-methyl/N-ethyl adjacent to an activating group) is 1. The van der Waals surface area contributed by atoms with Crippen LogP contribution in [0.2, 0.25) is 0 Å². The van der Waals surface area contributed by atoms with Crippen LogP contribution in [0.3, 0.4) is 0 Å². The summed E-state index contributed by atoms with van der Waals surface area (Å²) in [6, 6.07) is 10.6. The molecule has 2 unspecified atom stereocenters. The van der Waals surface area contributed by atoms with Crippen molar-refractivity contribution in [1.29, 1.82) is 0 Å². The number of hydrogen-bond acceptors (Lipinski definition) is 2. The smallest absolute Gasteiger partial charge is 0.137 e. The first-order valence-electron chi connectivity index (χ1n) is 8.44. The molecular weight excluding hydrogens is 258 g/mol. The van der Waals surface area contributed by atoms with Gasteiger partial charge in [-0.3, -0.25) is 4.79 Å². The molecule has 0 N–H and O–H groups in total. The zero-order valence-corrected chi connectivity index (χ0v) is 13.6. The van der Waals surface area contributed by atoms with E-state index < -0.39 is 0 Å². The molecule has 0 saturated heterocycles. The van der Waals surface area contributed by atoms with E-state index in [2.05, 4.69) is 49.2 Å². The highest BCUT2D eigenvalue weighted by atomic mass is 16.1. The van der Waals surface area contributed by atoms with Crippen LogP contribution in [-0.2, 0) is 11.2 Å². The van der Waals surface area contributed by atoms with Gasteiger partial charge in [0.15, 0.2) is 0 Å². The third-order valence-electron chi connectivity index (χ3n) is 4.73. The van der Waals surface area contributed by atoms with E-state index in [0.29, 0.717) is 5.78 Å². The highest BCUT2D eigenvalue weighted by molar-refractivity contribution is 5.81. The summed E-state index contributed by atoms with van der Waals surface area (Å²) in [6.45, 7) is 4.22. The van der Waals surface area contributed by atoms with E-state index in [9.17, 15) is 4.79 Å². The molecule has 21 heavy (non-hydrogen) atoms. The van der Waals surface area contributed by atoms with Gasteiger partial charge in [-0.25, -0.2) is 0 Å². The molecule has 0 radical (unpaired) electrons. The molecule has 0 spiro atoms. The van der Waals surface area contributed by atoms with Crippen molar-refractivity contribution in [2.24, 2.45) is 11.8 Å². The predicted molar refractivity (Wildman–Crippen MR) is 88.4 cm³/mol. The lowest BCUT2D eigenvalue weighted by Gasteiger charge is -2.31. The third kappa shape index (κ3) is 5.28. The first-order valence-corrected chi connectivity index (χ1v) is 8.44. The van der Waals surface area contributed by atoms with Crippen molar-refractivity contribution in [2.75, 3.05) is 20.1 Å². The fourth-order valence-electron chi connectivity index (χ4n) is 3.48. The van der Waals surface area contributed by atoms with Gasteiger partial charge in [-0.15, -0.1) is 0 Å². The van der Waals surface area contributed by atoms with E-state index in [-0.39, 0.29) is 5.92 Å². The van der Waals surface area contributed by atoms with Gasteiger partial charge in [0.25, 0.3) is 0 Å². The maximum absolute atomic E-state index is 12.1. The minimum Gasteiger partial charge on any atom is -0.305 e. The summed E-state index contributed by atoms with van der Waals surface area (Å²) in [6.07, 6.45) is 6.64. The summed E-state index contributed by atoms with van der Waals surface area (Å²) in [4.78, 5) is 14.5. The normalized spacial score (nSPS) is 22.7. The Bertz CT molecular complexity index is 428. The average molecular weight is 287 g/mol. The van der Waals surface area contributed by atoms with Crippen LogP contribution in [-0.4, -0.2) is 30.8 Å². The molecule has 0 aliphatic heterocycles. The molecular formula is C19H29NO. The Morgan fingerprint density at radius 2 is 2.00 bits per heavy atom. The second-order valence-corrected chi connectivity index (χ2v) is 6.59. The predicted octanol–water partition coefficient (Wildman–Crippen LogP) is 3.95. The minimum absolute atomic E-state index is 0.274. The second kappa shape index (κ2) is 8.33. The fraction of sp³-hybridized carbons (Fsp3) is 0.632. The Kier molecular flexibility index (Phi) is 6.44. The van der Waals surface area contributed by atoms with Crippen LogP contribution in [0.5, 0.6) is 0 Å². The van der Waals surface area contributed by atoms with Gasteiger partial charge < -0.3 is 4.90 Å². The van der Waals surface area contributed by atoms with Crippen LogP contribution in [0, 0.1) is 11.8 Å². The molecule has 0 amide bonds. The molecule has 2 heteroatoms. The topological polar surface area (TPSA) is 20.3 Å². The van der Waals surface area contributed by atoms with Crippen molar-refractivity contribution < 1.29 is 4.79 Å². The molecule has 0 aromatic heterocycles. The van der Waals surface area contributed by atoms with Crippen LogP contribution < -0.4 is 0 Å². The molecule has 1 saturated carbocycles. The second-order valence-electron chi connectivity index (χ2n) is 6.59. The number of hydrogen-bond donors (Lipinski definition) is 0. The van der Waals surface area contributed by atoms with Crippen LogP contribution in [0.1, 0.15) is 44.6 Å². The summed E-state index contributed by atoms with van der Waals surface area (Å²) < 4.78 is 0. The van der Waals surface area contributed by atoms with E-state index in [0.717, 1.165) is 44.7 Å². The largest absolute Gasteiger partial charge is 0.305 e. The molecule has 2 atom stereocenters. The SMILES string of the molecule is CCCC1CCC(=O)C(CN(C)CCc2ccccc2)C1. The van der Waals surface area contributed by atoms with E-state index in [1.165, 1.54) is 18.4 Å². The first-order chi connectivity index (χ1) is 10.2. The van der Waals surface area contributed by atoms with Gasteiger partial charge in [0, 0.05) is 25.4 Å². The van der Waals surface area contributed by atoms with Crippen LogP contribution >= 0.6 is 0 Å². The van der Waals surface area contributed by atoms with E-state index in [1.54, 1.807) is 0 Å². The molecule has 0 heterocycles. The zero-order chi connectivity index (χ0) is 15.1. The number of Topliss-reactive ketones (excluding diaryl/α,β-unsaturated/α-hetero) is 1. The molecule has 1 aliphatic carbocycles. The minimum atomic E-state index is 0.274. The Hall–Kier alpha value is -1.15. The van der Waals surface area contributed by atoms with Crippen molar-refractivity contribution in [2.45, 2.75) is 45.4 Å². The van der Waals surface area contributed by atoms with Crippen molar-refractivity contribution in [3.8, 4) is 0 Å². The lowest BCUT2D eigenvalue weighted by molar-refractivity contribution is -0.126. The number of carbonyl (C=O) groups excluding carboxylic acids is 1. The Labute approximate surface area is 129 Å². The molecule has 1 aliphatic rings. The number of nitrogens with zero attached hydrogens (tertiary/aromatic N) is 1. The molecule has 0 bridgehead atoms. The summed E-state index contributed by atoms with van der Waals surface area (Å²) in [5.74, 6) is 1.55. The first kappa shape index (κ1) is 16.2. The number of ketones is 1. The van der Waals surface area contributed by atoms with Gasteiger partial charge in [-0.05, 0) is 37.8 Å². The summed E-state index contributed by atoms with van der Waals surface area (Å²) in [5.41, 5.74) is 1.38. The molecule has 1 aromatic carbocycles. The quantitative estimate of drug-likeness (QED) is 0.757. The maximum atomic E-state index is 12.1. The van der Waals surface area contributed by atoms with Crippen LogP contribution in [0.25, 0.3) is 0 Å². The third-order valence-corrected chi connectivity index (χ3v) is 4.73. The lowest BCUT2D eigenvalue weighted by Crippen LogP contribution is -2.35. The average Bonchev–Trinajstić information content (AvgIpc) is 2.50. The molecule has 2 nitrogen and oxygen atoms in total. The summed E-state index contributed by atoms with van der Waals surface area (Å²) >= 11 is 0. The van der Waals surface area contributed by atoms with Gasteiger partial charge in [0.05, 0.1) is 0 Å². The summed E-state index contributed by atoms with van der Waals surface area (Å²) in [5, 5.41) is 0. The maximum Gasteiger partial charge on any atom is 0.137 e. The van der Waals surface area contributed by atoms with Gasteiger partial charge in [0.1, 0.15) is 5.78 Å². The Balaban J connectivity index is 1.77. The van der Waals surface area contributed by atoms with Crippen LogP contribution in [0.15, 0.2) is 30.3 Å². The number of benzene rings is 1.